The Kier molecular flexibility index (Phi) is 4.46. The summed E-state index contributed by atoms with van der Waals surface area (Å²) in [7, 11) is 0. The Labute approximate surface area is 112 Å². The van der Waals surface area contributed by atoms with Gasteiger partial charge in [0.2, 0.25) is 0 Å². The molecule has 3 nitrogen and oxygen atoms in total. The summed E-state index contributed by atoms with van der Waals surface area (Å²) in [5.41, 5.74) is 0.860. The van der Waals surface area contributed by atoms with Gasteiger partial charge in [-0.2, -0.15) is 0 Å². The molecule has 1 aromatic rings. The molecule has 0 N–H and O–H groups in total. The smallest absolute Gasteiger partial charge is 0.138 e. The molecule has 1 aliphatic rings. The van der Waals surface area contributed by atoms with E-state index in [-0.39, 0.29) is 0 Å². The van der Waals surface area contributed by atoms with Crippen LogP contribution in [0.25, 0.3) is 0 Å². The molecular weight excluding hydrogens is 257 g/mol. The molecule has 0 unspecified atom stereocenters. The van der Waals surface area contributed by atoms with Crippen molar-refractivity contribution in [1.29, 1.82) is 0 Å². The minimum absolute atomic E-state index is 0.365. The highest BCUT2D eigenvalue weighted by molar-refractivity contribution is 6.31. The fraction of sp³-hybridized carbons (Fsp3) is 0.667. The lowest BCUT2D eigenvalue weighted by molar-refractivity contribution is 0.700. The van der Waals surface area contributed by atoms with Gasteiger partial charge in [-0.3, -0.25) is 0 Å². The summed E-state index contributed by atoms with van der Waals surface area (Å²) in [5, 5.41) is 0.479. The maximum absolute atomic E-state index is 6.07. The van der Waals surface area contributed by atoms with Crippen molar-refractivity contribution in [3.63, 3.8) is 0 Å². The molecule has 0 aromatic carbocycles. The second kappa shape index (κ2) is 5.87. The summed E-state index contributed by atoms with van der Waals surface area (Å²) < 4.78 is 0. The van der Waals surface area contributed by atoms with Crippen LogP contribution < -0.4 is 4.90 Å². The van der Waals surface area contributed by atoms with Crippen LogP contribution in [0.4, 0.5) is 5.82 Å². The fourth-order valence-corrected chi connectivity index (χ4v) is 2.43. The van der Waals surface area contributed by atoms with Crippen LogP contribution in [-0.4, -0.2) is 22.6 Å². The van der Waals surface area contributed by atoms with E-state index in [2.05, 4.69) is 21.8 Å². The second-order valence-corrected chi connectivity index (χ2v) is 5.00. The summed E-state index contributed by atoms with van der Waals surface area (Å²) in [4.78, 5) is 10.7. The highest BCUT2D eigenvalue weighted by Crippen LogP contribution is 2.34. The maximum Gasteiger partial charge on any atom is 0.138 e. The normalized spacial score (nSPS) is 15.0. The van der Waals surface area contributed by atoms with Gasteiger partial charge in [-0.15, -0.1) is 11.6 Å². The summed E-state index contributed by atoms with van der Waals surface area (Å²) in [6.45, 7) is 3.22. The predicted molar refractivity (Wildman–Crippen MR) is 71.9 cm³/mol. The van der Waals surface area contributed by atoms with Crippen LogP contribution in [0.5, 0.6) is 0 Å². The predicted octanol–water partition coefficient (Wildman–Crippen LogP) is 3.64. The molecular formula is C12H17Cl2N3. The number of halogens is 2. The standard InChI is InChI=1S/C12H17Cl2N3/c1-2-3-6-17(9-4-5-9)12-10(7-13)11(14)15-8-16-12/h8-9H,2-7H2,1H3. The van der Waals surface area contributed by atoms with Gasteiger partial charge in [0.05, 0.1) is 5.88 Å². The zero-order valence-electron chi connectivity index (χ0n) is 9.99. The Bertz CT molecular complexity index is 380. The lowest BCUT2D eigenvalue weighted by Crippen LogP contribution is -2.29. The third-order valence-corrected chi connectivity index (χ3v) is 3.61. The molecule has 0 aliphatic heterocycles. The number of anilines is 1. The van der Waals surface area contributed by atoms with E-state index in [1.54, 1.807) is 0 Å². The van der Waals surface area contributed by atoms with Gasteiger partial charge in [-0.05, 0) is 19.3 Å². The number of aromatic nitrogens is 2. The van der Waals surface area contributed by atoms with Crippen LogP contribution in [0.3, 0.4) is 0 Å². The zero-order chi connectivity index (χ0) is 12.3. The summed E-state index contributed by atoms with van der Waals surface area (Å²) in [5.74, 6) is 1.29. The quantitative estimate of drug-likeness (QED) is 0.586. The average molecular weight is 274 g/mol. The number of alkyl halides is 1. The van der Waals surface area contributed by atoms with Crippen molar-refractivity contribution in [2.45, 2.75) is 44.5 Å². The van der Waals surface area contributed by atoms with Crippen LogP contribution in [0.15, 0.2) is 6.33 Å². The van der Waals surface area contributed by atoms with Gasteiger partial charge < -0.3 is 4.90 Å². The molecule has 17 heavy (non-hydrogen) atoms. The first-order valence-electron chi connectivity index (χ1n) is 6.10. The summed E-state index contributed by atoms with van der Waals surface area (Å²) >= 11 is 12.0. The van der Waals surface area contributed by atoms with E-state index in [9.17, 15) is 0 Å². The van der Waals surface area contributed by atoms with Crippen molar-refractivity contribution in [2.75, 3.05) is 11.4 Å². The van der Waals surface area contributed by atoms with E-state index in [1.807, 2.05) is 0 Å². The molecule has 1 aromatic heterocycles. The van der Waals surface area contributed by atoms with E-state index < -0.39 is 0 Å². The minimum atomic E-state index is 0.365. The van der Waals surface area contributed by atoms with Gasteiger partial charge in [-0.1, -0.05) is 24.9 Å². The van der Waals surface area contributed by atoms with E-state index in [1.165, 1.54) is 32.0 Å². The molecule has 0 atom stereocenters. The first-order valence-corrected chi connectivity index (χ1v) is 7.01. The van der Waals surface area contributed by atoms with Crippen LogP contribution >= 0.6 is 23.2 Å². The van der Waals surface area contributed by atoms with Crippen LogP contribution in [0.1, 0.15) is 38.2 Å². The first kappa shape index (κ1) is 12.9. The van der Waals surface area contributed by atoms with Gasteiger partial charge in [-0.25, -0.2) is 9.97 Å². The Morgan fingerprint density at radius 2 is 2.18 bits per heavy atom. The minimum Gasteiger partial charge on any atom is -0.353 e. The highest BCUT2D eigenvalue weighted by Gasteiger charge is 2.31. The van der Waals surface area contributed by atoms with Crippen molar-refractivity contribution in [2.24, 2.45) is 0 Å². The fourth-order valence-electron chi connectivity index (χ4n) is 1.92. The van der Waals surface area contributed by atoms with Crippen molar-refractivity contribution < 1.29 is 0 Å². The van der Waals surface area contributed by atoms with Crippen molar-refractivity contribution in [3.8, 4) is 0 Å². The lowest BCUT2D eigenvalue weighted by atomic mass is 10.2. The van der Waals surface area contributed by atoms with Gasteiger partial charge in [0.15, 0.2) is 0 Å². The number of unbranched alkanes of at least 4 members (excludes halogenated alkanes) is 1. The molecule has 0 spiro atoms. The van der Waals surface area contributed by atoms with Gasteiger partial charge in [0, 0.05) is 18.2 Å². The molecule has 5 heteroatoms. The topological polar surface area (TPSA) is 29.0 Å². The van der Waals surface area contributed by atoms with Gasteiger partial charge in [0.1, 0.15) is 17.3 Å². The molecule has 1 fully saturated rings. The van der Waals surface area contributed by atoms with E-state index in [4.69, 9.17) is 23.2 Å². The maximum atomic E-state index is 6.07. The largest absolute Gasteiger partial charge is 0.353 e. The van der Waals surface area contributed by atoms with Crippen molar-refractivity contribution in [3.05, 3.63) is 17.0 Å². The second-order valence-electron chi connectivity index (χ2n) is 4.38. The summed E-state index contributed by atoms with van der Waals surface area (Å²) in [6, 6.07) is 0.620. The van der Waals surface area contributed by atoms with E-state index >= 15 is 0 Å². The molecule has 1 aliphatic carbocycles. The van der Waals surface area contributed by atoms with Crippen LogP contribution in [-0.2, 0) is 5.88 Å². The van der Waals surface area contributed by atoms with Gasteiger partial charge >= 0.3 is 0 Å². The zero-order valence-corrected chi connectivity index (χ0v) is 11.5. The number of rotatable bonds is 6. The molecule has 0 radical (unpaired) electrons. The van der Waals surface area contributed by atoms with Crippen LogP contribution in [0.2, 0.25) is 5.15 Å². The number of hydrogen-bond donors (Lipinski definition) is 0. The summed E-state index contributed by atoms with van der Waals surface area (Å²) in [6.07, 6.45) is 6.35. The SMILES string of the molecule is CCCCN(c1ncnc(Cl)c1CCl)C1CC1. The Balaban J connectivity index is 2.25. The molecule has 94 valence electrons. The Hall–Kier alpha value is -0.540. The molecule has 1 saturated carbocycles. The molecule has 0 amide bonds. The molecule has 0 saturated heterocycles. The first-order chi connectivity index (χ1) is 8.27. The lowest BCUT2D eigenvalue weighted by Gasteiger charge is -2.25. The van der Waals surface area contributed by atoms with E-state index in [0.717, 1.165) is 17.9 Å². The average Bonchev–Trinajstić information content (AvgIpc) is 3.14. The van der Waals surface area contributed by atoms with Crippen molar-refractivity contribution >= 4 is 29.0 Å². The highest BCUT2D eigenvalue weighted by atomic mass is 35.5. The number of nitrogens with zero attached hydrogens (tertiary/aromatic N) is 3. The molecule has 1 heterocycles. The third kappa shape index (κ3) is 3.02. The monoisotopic (exact) mass is 273 g/mol. The number of hydrogen-bond acceptors (Lipinski definition) is 3. The Morgan fingerprint density at radius 1 is 1.41 bits per heavy atom. The van der Waals surface area contributed by atoms with Crippen molar-refractivity contribution in [1.82, 2.24) is 9.97 Å². The molecule has 0 bridgehead atoms. The van der Waals surface area contributed by atoms with Crippen LogP contribution in [0, 0.1) is 0 Å². The Morgan fingerprint density at radius 3 is 2.76 bits per heavy atom. The van der Waals surface area contributed by atoms with E-state index in [0.29, 0.717) is 17.1 Å². The van der Waals surface area contributed by atoms with Gasteiger partial charge in [0.25, 0.3) is 0 Å². The molecule has 2 rings (SSSR count). The third-order valence-electron chi connectivity index (χ3n) is 3.02.